The van der Waals surface area contributed by atoms with Crippen molar-refractivity contribution in [2.45, 2.75) is 32.9 Å². The number of aryl methyl sites for hydroxylation is 1. The molecule has 2 aromatic rings. The minimum atomic E-state index is 0.648. The summed E-state index contributed by atoms with van der Waals surface area (Å²) in [6, 6.07) is 0. The minimum Gasteiger partial charge on any atom is -0.444 e. The fourth-order valence-electron chi connectivity index (χ4n) is 2.61. The van der Waals surface area contributed by atoms with E-state index in [4.69, 9.17) is 4.42 Å². The highest BCUT2D eigenvalue weighted by atomic mass is 16.4. The lowest BCUT2D eigenvalue weighted by molar-refractivity contribution is 0.276. The third-order valence-electron chi connectivity index (χ3n) is 3.57. The summed E-state index contributed by atoms with van der Waals surface area (Å²) in [4.78, 5) is 6.66. The van der Waals surface area contributed by atoms with Gasteiger partial charge < -0.3 is 4.42 Å². The molecular formula is C13H19N5O. The Kier molecular flexibility index (Phi) is 3.59. The van der Waals surface area contributed by atoms with Crippen LogP contribution in [0.1, 0.15) is 25.0 Å². The van der Waals surface area contributed by atoms with Gasteiger partial charge in [-0.25, -0.2) is 4.98 Å². The van der Waals surface area contributed by atoms with Crippen LogP contribution in [0.2, 0.25) is 0 Å². The van der Waals surface area contributed by atoms with E-state index in [9.17, 15) is 0 Å². The lowest BCUT2D eigenvalue weighted by Gasteiger charge is -2.14. The summed E-state index contributed by atoms with van der Waals surface area (Å²) in [5.74, 6) is 2.45. The molecule has 102 valence electrons. The third kappa shape index (κ3) is 3.01. The van der Waals surface area contributed by atoms with Crippen LogP contribution in [0, 0.1) is 5.92 Å². The van der Waals surface area contributed by atoms with Crippen molar-refractivity contribution in [1.82, 2.24) is 24.9 Å². The van der Waals surface area contributed by atoms with E-state index in [1.54, 1.807) is 6.20 Å². The van der Waals surface area contributed by atoms with Crippen molar-refractivity contribution in [3.63, 3.8) is 0 Å². The molecule has 3 heterocycles. The first-order chi connectivity index (χ1) is 9.33. The molecule has 1 aliphatic rings. The van der Waals surface area contributed by atoms with Gasteiger partial charge in [0, 0.05) is 25.7 Å². The van der Waals surface area contributed by atoms with E-state index < -0.39 is 0 Å². The normalized spacial score (nSPS) is 20.2. The molecule has 0 radical (unpaired) electrons. The van der Waals surface area contributed by atoms with Gasteiger partial charge in [0.25, 0.3) is 0 Å². The molecule has 0 bridgehead atoms. The molecule has 0 saturated carbocycles. The summed E-state index contributed by atoms with van der Waals surface area (Å²) in [6.07, 6.45) is 7.56. The second-order valence-corrected chi connectivity index (χ2v) is 5.09. The van der Waals surface area contributed by atoms with Crippen molar-refractivity contribution in [3.05, 3.63) is 30.2 Å². The van der Waals surface area contributed by atoms with Gasteiger partial charge >= 0.3 is 0 Å². The van der Waals surface area contributed by atoms with Crippen LogP contribution < -0.4 is 0 Å². The summed E-state index contributed by atoms with van der Waals surface area (Å²) in [5, 5.41) is 7.86. The zero-order valence-corrected chi connectivity index (χ0v) is 11.2. The molecule has 1 saturated heterocycles. The SMILES string of the molecule is CCc1ncc(CN2CCC(Cn3ccnn3)C2)o1. The molecule has 0 aliphatic carbocycles. The number of rotatable bonds is 5. The van der Waals surface area contributed by atoms with Crippen LogP contribution in [0.25, 0.3) is 0 Å². The number of hydrogen-bond acceptors (Lipinski definition) is 5. The highest BCUT2D eigenvalue weighted by Gasteiger charge is 2.23. The average Bonchev–Trinajstić information content (AvgIpc) is 3.13. The predicted octanol–water partition coefficient (Wildman–Crippen LogP) is 1.35. The fourth-order valence-corrected chi connectivity index (χ4v) is 2.61. The highest BCUT2D eigenvalue weighted by Crippen LogP contribution is 2.20. The van der Waals surface area contributed by atoms with E-state index in [0.29, 0.717) is 5.92 Å². The van der Waals surface area contributed by atoms with Gasteiger partial charge in [0.1, 0.15) is 5.76 Å². The molecule has 1 atom stereocenters. The maximum Gasteiger partial charge on any atom is 0.194 e. The lowest BCUT2D eigenvalue weighted by Crippen LogP contribution is -2.21. The van der Waals surface area contributed by atoms with Gasteiger partial charge in [-0.05, 0) is 18.9 Å². The molecule has 19 heavy (non-hydrogen) atoms. The van der Waals surface area contributed by atoms with E-state index >= 15 is 0 Å². The largest absolute Gasteiger partial charge is 0.444 e. The van der Waals surface area contributed by atoms with Crippen LogP contribution in [-0.4, -0.2) is 38.0 Å². The molecule has 0 aromatic carbocycles. The smallest absolute Gasteiger partial charge is 0.194 e. The number of hydrogen-bond donors (Lipinski definition) is 0. The van der Waals surface area contributed by atoms with Crippen molar-refractivity contribution in [2.75, 3.05) is 13.1 Å². The first-order valence-electron chi connectivity index (χ1n) is 6.83. The second kappa shape index (κ2) is 5.52. The second-order valence-electron chi connectivity index (χ2n) is 5.09. The molecule has 1 aliphatic heterocycles. The van der Waals surface area contributed by atoms with Gasteiger partial charge in [0.2, 0.25) is 0 Å². The van der Waals surface area contributed by atoms with E-state index in [1.165, 1.54) is 6.42 Å². The fraction of sp³-hybridized carbons (Fsp3) is 0.615. The molecular weight excluding hydrogens is 242 g/mol. The molecule has 0 amide bonds. The monoisotopic (exact) mass is 261 g/mol. The van der Waals surface area contributed by atoms with Crippen LogP contribution in [-0.2, 0) is 19.5 Å². The Morgan fingerprint density at radius 3 is 3.16 bits per heavy atom. The molecule has 6 heteroatoms. The van der Waals surface area contributed by atoms with Crippen LogP contribution in [0.15, 0.2) is 23.0 Å². The number of nitrogens with zero attached hydrogens (tertiary/aromatic N) is 5. The molecule has 1 fully saturated rings. The molecule has 3 rings (SSSR count). The van der Waals surface area contributed by atoms with Crippen LogP contribution in [0.5, 0.6) is 0 Å². The lowest BCUT2D eigenvalue weighted by atomic mass is 10.1. The average molecular weight is 261 g/mol. The zero-order valence-electron chi connectivity index (χ0n) is 11.2. The molecule has 0 spiro atoms. The minimum absolute atomic E-state index is 0.648. The van der Waals surface area contributed by atoms with Gasteiger partial charge in [0.15, 0.2) is 5.89 Å². The molecule has 2 aromatic heterocycles. The van der Waals surface area contributed by atoms with Crippen molar-refractivity contribution < 1.29 is 4.42 Å². The molecule has 0 N–H and O–H groups in total. The van der Waals surface area contributed by atoms with Gasteiger partial charge in [-0.3, -0.25) is 9.58 Å². The Bertz CT molecular complexity index is 507. The quantitative estimate of drug-likeness (QED) is 0.813. The summed E-state index contributed by atoms with van der Waals surface area (Å²) < 4.78 is 7.57. The van der Waals surface area contributed by atoms with Crippen LogP contribution >= 0.6 is 0 Å². The van der Waals surface area contributed by atoms with Crippen molar-refractivity contribution in [1.29, 1.82) is 0 Å². The standard InChI is InChI=1S/C13H19N5O/c1-2-13-14-7-12(19-13)10-17-5-3-11(8-17)9-18-6-4-15-16-18/h4,6-7,11H,2-3,5,8-10H2,1H3. The summed E-state index contributed by atoms with van der Waals surface area (Å²) in [7, 11) is 0. The maximum absolute atomic E-state index is 5.66. The number of oxazole rings is 1. The van der Waals surface area contributed by atoms with E-state index in [1.807, 2.05) is 17.1 Å². The topological polar surface area (TPSA) is 60.0 Å². The zero-order chi connectivity index (χ0) is 13.1. The van der Waals surface area contributed by atoms with E-state index in [0.717, 1.165) is 44.3 Å². The van der Waals surface area contributed by atoms with Gasteiger partial charge in [-0.2, -0.15) is 0 Å². The molecule has 6 nitrogen and oxygen atoms in total. The van der Waals surface area contributed by atoms with Crippen molar-refractivity contribution in [2.24, 2.45) is 5.92 Å². The summed E-state index contributed by atoms with van der Waals surface area (Å²) in [5.41, 5.74) is 0. The Labute approximate surface area is 112 Å². The van der Waals surface area contributed by atoms with Crippen LogP contribution in [0.4, 0.5) is 0 Å². The van der Waals surface area contributed by atoms with Gasteiger partial charge in [-0.15, -0.1) is 5.10 Å². The Morgan fingerprint density at radius 2 is 2.42 bits per heavy atom. The summed E-state index contributed by atoms with van der Waals surface area (Å²) >= 11 is 0. The summed E-state index contributed by atoms with van der Waals surface area (Å²) in [6.45, 7) is 6.07. The van der Waals surface area contributed by atoms with E-state index in [-0.39, 0.29) is 0 Å². The number of aromatic nitrogens is 4. The first-order valence-corrected chi connectivity index (χ1v) is 6.83. The molecule has 1 unspecified atom stereocenters. The Hall–Kier alpha value is -1.69. The van der Waals surface area contributed by atoms with Gasteiger partial charge in [0.05, 0.1) is 18.9 Å². The van der Waals surface area contributed by atoms with Crippen LogP contribution in [0.3, 0.4) is 0 Å². The van der Waals surface area contributed by atoms with Crippen molar-refractivity contribution in [3.8, 4) is 0 Å². The van der Waals surface area contributed by atoms with Crippen molar-refractivity contribution >= 4 is 0 Å². The Balaban J connectivity index is 1.51. The number of likely N-dealkylation sites (tertiary alicyclic amines) is 1. The predicted molar refractivity (Wildman–Crippen MR) is 69.3 cm³/mol. The van der Waals surface area contributed by atoms with Gasteiger partial charge in [-0.1, -0.05) is 12.1 Å². The third-order valence-corrected chi connectivity index (χ3v) is 3.57. The van der Waals surface area contributed by atoms with E-state index in [2.05, 4.69) is 27.1 Å². The first kappa shape index (κ1) is 12.3. The Morgan fingerprint density at radius 1 is 1.47 bits per heavy atom. The highest BCUT2D eigenvalue weighted by molar-refractivity contribution is 4.95. The maximum atomic E-state index is 5.66.